The molecule has 0 spiro atoms. The Hall–Kier alpha value is -2.44. The molecule has 0 saturated heterocycles. The smallest absolute Gasteiger partial charge is 0.254 e. The van der Waals surface area contributed by atoms with E-state index in [1.807, 2.05) is 30.3 Å². The number of methoxy groups -OCH3 is 3. The molecule has 2 N–H and O–H groups in total. The first-order valence-corrected chi connectivity index (χ1v) is 8.47. The average Bonchev–Trinajstić information content (AvgIpc) is 2.70. The maximum absolute atomic E-state index is 13.0. The summed E-state index contributed by atoms with van der Waals surface area (Å²) in [6.45, 7) is 1.45. The summed E-state index contributed by atoms with van der Waals surface area (Å²) in [6.07, 6.45) is 0.761. The van der Waals surface area contributed by atoms with Crippen molar-refractivity contribution < 1.29 is 19.0 Å². The number of hydrogen-bond donors (Lipinski definition) is 1. The molecule has 0 heterocycles. The molecule has 6 nitrogen and oxygen atoms in total. The number of benzene rings is 2. The lowest BCUT2D eigenvalue weighted by molar-refractivity contribution is 0.0761. The zero-order valence-electron chi connectivity index (χ0n) is 15.9. The van der Waals surface area contributed by atoms with Crippen LogP contribution in [0.5, 0.6) is 17.2 Å². The van der Waals surface area contributed by atoms with Crippen LogP contribution in [0.15, 0.2) is 42.5 Å². The van der Waals surface area contributed by atoms with Gasteiger partial charge < -0.3 is 24.8 Å². The third kappa shape index (κ3) is 5.77. The number of ether oxygens (including phenoxy) is 3. The van der Waals surface area contributed by atoms with E-state index in [4.69, 9.17) is 19.9 Å². The molecular formula is C20H27ClN2O4. The summed E-state index contributed by atoms with van der Waals surface area (Å²) in [5, 5.41) is 0. The Morgan fingerprint density at radius 1 is 0.963 bits per heavy atom. The van der Waals surface area contributed by atoms with Crippen LogP contribution in [0.1, 0.15) is 15.9 Å². The number of rotatable bonds is 9. The van der Waals surface area contributed by atoms with E-state index in [-0.39, 0.29) is 18.3 Å². The maximum atomic E-state index is 13.0. The third-order valence-corrected chi connectivity index (χ3v) is 4.11. The molecule has 7 heteroatoms. The highest BCUT2D eigenvalue weighted by Crippen LogP contribution is 2.38. The van der Waals surface area contributed by atoms with Gasteiger partial charge in [0, 0.05) is 25.2 Å². The molecule has 0 saturated carbocycles. The maximum Gasteiger partial charge on any atom is 0.254 e. The minimum Gasteiger partial charge on any atom is -0.493 e. The molecule has 0 aromatic heterocycles. The van der Waals surface area contributed by atoms with Crippen molar-refractivity contribution in [2.24, 2.45) is 5.73 Å². The van der Waals surface area contributed by atoms with Gasteiger partial charge in [-0.05, 0) is 24.1 Å². The molecule has 2 aromatic carbocycles. The lowest BCUT2D eigenvalue weighted by atomic mass is 10.1. The first-order valence-electron chi connectivity index (χ1n) is 8.47. The summed E-state index contributed by atoms with van der Waals surface area (Å²) in [5.41, 5.74) is 7.36. The summed E-state index contributed by atoms with van der Waals surface area (Å²) >= 11 is 0. The van der Waals surface area contributed by atoms with Gasteiger partial charge in [0.05, 0.1) is 21.3 Å². The number of carbonyl (C=O) groups excluding carboxylic acids is 1. The topological polar surface area (TPSA) is 74.0 Å². The zero-order valence-corrected chi connectivity index (χ0v) is 16.8. The highest BCUT2D eigenvalue weighted by Gasteiger charge is 2.20. The van der Waals surface area contributed by atoms with Crippen molar-refractivity contribution in [2.75, 3.05) is 41.0 Å². The van der Waals surface area contributed by atoms with Crippen LogP contribution in [-0.2, 0) is 6.42 Å². The van der Waals surface area contributed by atoms with Crippen molar-refractivity contribution in [1.82, 2.24) is 4.90 Å². The quantitative estimate of drug-likeness (QED) is 0.707. The van der Waals surface area contributed by atoms with Gasteiger partial charge in [0.25, 0.3) is 5.91 Å². The van der Waals surface area contributed by atoms with E-state index in [9.17, 15) is 4.79 Å². The van der Waals surface area contributed by atoms with Gasteiger partial charge in [-0.1, -0.05) is 30.3 Å². The fraction of sp³-hybridized carbons (Fsp3) is 0.350. The Balaban J connectivity index is 0.00000364. The van der Waals surface area contributed by atoms with E-state index < -0.39 is 0 Å². The molecule has 0 aliphatic heterocycles. The molecule has 0 unspecified atom stereocenters. The molecule has 0 aliphatic carbocycles. The second-order valence-corrected chi connectivity index (χ2v) is 5.73. The number of nitrogens with zero attached hydrogens (tertiary/aromatic N) is 1. The Morgan fingerprint density at radius 2 is 1.56 bits per heavy atom. The molecule has 148 valence electrons. The van der Waals surface area contributed by atoms with Crippen LogP contribution < -0.4 is 19.9 Å². The molecule has 2 rings (SSSR count). The number of halogens is 1. The van der Waals surface area contributed by atoms with Crippen LogP contribution in [-0.4, -0.2) is 51.8 Å². The highest BCUT2D eigenvalue weighted by atomic mass is 35.5. The van der Waals surface area contributed by atoms with E-state index >= 15 is 0 Å². The molecule has 0 bridgehead atoms. The van der Waals surface area contributed by atoms with Crippen LogP contribution in [0.2, 0.25) is 0 Å². The lowest BCUT2D eigenvalue weighted by Gasteiger charge is -2.23. The van der Waals surface area contributed by atoms with E-state index in [1.165, 1.54) is 26.9 Å². The lowest BCUT2D eigenvalue weighted by Crippen LogP contribution is -2.37. The first kappa shape index (κ1) is 22.6. The van der Waals surface area contributed by atoms with Crippen LogP contribution in [0.4, 0.5) is 0 Å². The Bertz CT molecular complexity index is 700. The van der Waals surface area contributed by atoms with Gasteiger partial charge in [-0.25, -0.2) is 0 Å². The van der Waals surface area contributed by atoms with E-state index in [1.54, 1.807) is 17.0 Å². The Morgan fingerprint density at radius 3 is 2.04 bits per heavy atom. The van der Waals surface area contributed by atoms with Gasteiger partial charge in [0.1, 0.15) is 0 Å². The van der Waals surface area contributed by atoms with Gasteiger partial charge in [0.15, 0.2) is 11.5 Å². The van der Waals surface area contributed by atoms with Crippen molar-refractivity contribution in [3.8, 4) is 17.2 Å². The molecule has 2 aromatic rings. The fourth-order valence-corrected chi connectivity index (χ4v) is 2.77. The standard InChI is InChI=1S/C20H26N2O4.ClH/c1-24-17-13-16(14-18(25-2)19(17)26-3)20(23)22(12-10-21)11-9-15-7-5-4-6-8-15;/h4-8,13-14H,9-12,21H2,1-3H3;1H. The summed E-state index contributed by atoms with van der Waals surface area (Å²) in [7, 11) is 4.58. The van der Waals surface area contributed by atoms with Gasteiger partial charge in [-0.2, -0.15) is 0 Å². The number of amides is 1. The number of hydrogen-bond acceptors (Lipinski definition) is 5. The van der Waals surface area contributed by atoms with Crippen molar-refractivity contribution in [3.05, 3.63) is 53.6 Å². The Kier molecular flexibility index (Phi) is 9.47. The SMILES string of the molecule is COc1cc(C(=O)N(CCN)CCc2ccccc2)cc(OC)c1OC.Cl. The molecule has 0 aliphatic rings. The van der Waals surface area contributed by atoms with Crippen LogP contribution >= 0.6 is 12.4 Å². The second-order valence-electron chi connectivity index (χ2n) is 5.73. The van der Waals surface area contributed by atoms with E-state index in [0.29, 0.717) is 42.4 Å². The number of carbonyl (C=O) groups is 1. The minimum absolute atomic E-state index is 0. The summed E-state index contributed by atoms with van der Waals surface area (Å²) in [6, 6.07) is 13.4. The summed E-state index contributed by atoms with van der Waals surface area (Å²) in [5.74, 6) is 1.24. The molecule has 0 atom stereocenters. The number of nitrogens with two attached hydrogens (primary N) is 1. The van der Waals surface area contributed by atoms with Crippen molar-refractivity contribution in [3.63, 3.8) is 0 Å². The fourth-order valence-electron chi connectivity index (χ4n) is 2.77. The van der Waals surface area contributed by atoms with Gasteiger partial charge in [-0.3, -0.25) is 4.79 Å². The van der Waals surface area contributed by atoms with Crippen molar-refractivity contribution in [1.29, 1.82) is 0 Å². The predicted octanol–water partition coefficient (Wildman–Crippen LogP) is 2.78. The summed E-state index contributed by atoms with van der Waals surface area (Å²) in [4.78, 5) is 14.8. The van der Waals surface area contributed by atoms with Gasteiger partial charge >= 0.3 is 0 Å². The third-order valence-electron chi connectivity index (χ3n) is 4.11. The van der Waals surface area contributed by atoms with Crippen LogP contribution in [0, 0.1) is 0 Å². The highest BCUT2D eigenvalue weighted by molar-refractivity contribution is 5.95. The normalized spacial score (nSPS) is 9.93. The largest absolute Gasteiger partial charge is 0.493 e. The van der Waals surface area contributed by atoms with Crippen molar-refractivity contribution in [2.45, 2.75) is 6.42 Å². The van der Waals surface area contributed by atoms with Gasteiger partial charge in [0.2, 0.25) is 5.75 Å². The monoisotopic (exact) mass is 394 g/mol. The molecule has 0 fully saturated rings. The van der Waals surface area contributed by atoms with Crippen molar-refractivity contribution >= 4 is 18.3 Å². The zero-order chi connectivity index (χ0) is 18.9. The average molecular weight is 395 g/mol. The van der Waals surface area contributed by atoms with E-state index in [0.717, 1.165) is 6.42 Å². The Labute approximate surface area is 166 Å². The molecular weight excluding hydrogens is 368 g/mol. The molecule has 27 heavy (non-hydrogen) atoms. The molecule has 0 radical (unpaired) electrons. The minimum atomic E-state index is -0.120. The van der Waals surface area contributed by atoms with Gasteiger partial charge in [-0.15, -0.1) is 12.4 Å². The van der Waals surface area contributed by atoms with E-state index in [2.05, 4.69) is 0 Å². The van der Waals surface area contributed by atoms with Crippen LogP contribution in [0.3, 0.4) is 0 Å². The summed E-state index contributed by atoms with van der Waals surface area (Å²) < 4.78 is 16.0. The van der Waals surface area contributed by atoms with Crippen LogP contribution in [0.25, 0.3) is 0 Å². The molecule has 1 amide bonds. The first-order chi connectivity index (χ1) is 12.6. The predicted molar refractivity (Wildman–Crippen MR) is 108 cm³/mol. The second kappa shape index (κ2) is 11.3.